The van der Waals surface area contributed by atoms with Crippen molar-refractivity contribution >= 4 is 0 Å². The molecule has 2 rings (SSSR count). The van der Waals surface area contributed by atoms with Crippen LogP contribution in [0.2, 0.25) is 0 Å². The predicted molar refractivity (Wildman–Crippen MR) is 74.0 cm³/mol. The zero-order chi connectivity index (χ0) is 12.8. The van der Waals surface area contributed by atoms with Crippen LogP contribution in [0.1, 0.15) is 32.3 Å². The summed E-state index contributed by atoms with van der Waals surface area (Å²) in [5.74, 6) is 0.982. The highest BCUT2D eigenvalue weighted by Crippen LogP contribution is 2.28. The number of para-hydroxylation sites is 1. The molecule has 0 radical (unpaired) electrons. The fourth-order valence-corrected chi connectivity index (χ4v) is 1.75. The van der Waals surface area contributed by atoms with Crippen LogP contribution in [-0.4, -0.2) is 18.8 Å². The van der Waals surface area contributed by atoms with Gasteiger partial charge in [-0.3, -0.25) is 0 Å². The summed E-state index contributed by atoms with van der Waals surface area (Å²) in [6.07, 6.45) is 7.75. The van der Waals surface area contributed by atoms with Gasteiger partial charge in [0.2, 0.25) is 0 Å². The highest BCUT2D eigenvalue weighted by molar-refractivity contribution is 5.35. The van der Waals surface area contributed by atoms with E-state index in [1.165, 1.54) is 12.0 Å². The van der Waals surface area contributed by atoms with Crippen molar-refractivity contribution in [3.05, 3.63) is 42.0 Å². The van der Waals surface area contributed by atoms with Gasteiger partial charge in [0.15, 0.2) is 0 Å². The predicted octanol–water partition coefficient (Wildman–Crippen LogP) is 3.75. The van der Waals surface area contributed by atoms with Gasteiger partial charge in [-0.1, -0.05) is 43.7 Å². The molecule has 0 amide bonds. The minimum absolute atomic E-state index is 0.0504. The molecular formula is C16H22O2. The smallest absolute Gasteiger partial charge is 0.123 e. The molecule has 0 spiro atoms. The van der Waals surface area contributed by atoms with E-state index in [4.69, 9.17) is 9.47 Å². The van der Waals surface area contributed by atoms with E-state index in [9.17, 15) is 0 Å². The van der Waals surface area contributed by atoms with E-state index in [1.54, 1.807) is 0 Å². The van der Waals surface area contributed by atoms with Gasteiger partial charge in [-0.05, 0) is 31.4 Å². The summed E-state index contributed by atoms with van der Waals surface area (Å²) in [4.78, 5) is 0. The second kappa shape index (κ2) is 6.05. The van der Waals surface area contributed by atoms with E-state index in [-0.39, 0.29) is 5.60 Å². The van der Waals surface area contributed by atoms with Gasteiger partial charge in [0.05, 0.1) is 6.61 Å². The maximum Gasteiger partial charge on any atom is 0.123 e. The zero-order valence-corrected chi connectivity index (χ0v) is 11.3. The van der Waals surface area contributed by atoms with Crippen LogP contribution in [0.25, 0.3) is 0 Å². The molecular weight excluding hydrogens is 224 g/mol. The first-order chi connectivity index (χ1) is 8.73. The Labute approximate surface area is 110 Å². The number of hydrogen-bond donors (Lipinski definition) is 0. The number of benzene rings is 1. The Balaban J connectivity index is 1.92. The van der Waals surface area contributed by atoms with Crippen LogP contribution in [0.3, 0.4) is 0 Å². The Morgan fingerprint density at radius 1 is 1.33 bits per heavy atom. The highest BCUT2D eigenvalue weighted by Gasteiger charge is 2.40. The third kappa shape index (κ3) is 3.88. The molecule has 1 aromatic carbocycles. The first-order valence-electron chi connectivity index (χ1n) is 6.73. The Morgan fingerprint density at radius 2 is 2.11 bits per heavy atom. The van der Waals surface area contributed by atoms with Crippen molar-refractivity contribution in [2.75, 3.05) is 13.2 Å². The summed E-state index contributed by atoms with van der Waals surface area (Å²) in [5.41, 5.74) is 1.19. The van der Waals surface area contributed by atoms with Gasteiger partial charge < -0.3 is 9.47 Å². The SMILES string of the molecule is CCC/C=C/Cc1ccccc1OCC1(C)CO1. The summed E-state index contributed by atoms with van der Waals surface area (Å²) < 4.78 is 11.2. The molecule has 0 saturated carbocycles. The van der Waals surface area contributed by atoms with Crippen molar-refractivity contribution < 1.29 is 9.47 Å². The van der Waals surface area contributed by atoms with Gasteiger partial charge in [-0.2, -0.15) is 0 Å². The molecule has 1 atom stereocenters. The van der Waals surface area contributed by atoms with E-state index in [1.807, 2.05) is 12.1 Å². The van der Waals surface area contributed by atoms with Crippen molar-refractivity contribution in [2.24, 2.45) is 0 Å². The third-order valence-corrected chi connectivity index (χ3v) is 3.10. The number of hydrogen-bond acceptors (Lipinski definition) is 2. The van der Waals surface area contributed by atoms with Crippen LogP contribution >= 0.6 is 0 Å². The average Bonchev–Trinajstić information content (AvgIpc) is 3.12. The molecule has 1 heterocycles. The largest absolute Gasteiger partial charge is 0.490 e. The van der Waals surface area contributed by atoms with Gasteiger partial charge in [0, 0.05) is 0 Å². The van der Waals surface area contributed by atoms with Crippen molar-refractivity contribution in [1.82, 2.24) is 0 Å². The molecule has 1 unspecified atom stereocenters. The van der Waals surface area contributed by atoms with Crippen LogP contribution in [0.4, 0.5) is 0 Å². The summed E-state index contributed by atoms with van der Waals surface area (Å²) in [6.45, 7) is 5.72. The van der Waals surface area contributed by atoms with E-state index in [0.29, 0.717) is 6.61 Å². The maximum absolute atomic E-state index is 5.86. The Morgan fingerprint density at radius 3 is 2.83 bits per heavy atom. The van der Waals surface area contributed by atoms with E-state index in [2.05, 4.69) is 38.1 Å². The molecule has 0 bridgehead atoms. The third-order valence-electron chi connectivity index (χ3n) is 3.10. The monoisotopic (exact) mass is 246 g/mol. The van der Waals surface area contributed by atoms with E-state index >= 15 is 0 Å². The molecule has 1 aromatic rings. The van der Waals surface area contributed by atoms with E-state index < -0.39 is 0 Å². The molecule has 18 heavy (non-hydrogen) atoms. The standard InChI is InChI=1S/C16H22O2/c1-3-4-5-6-9-14-10-7-8-11-15(14)17-12-16(2)13-18-16/h5-8,10-11H,3-4,9,12-13H2,1-2H3/b6-5+. The molecule has 1 aliphatic rings. The quantitative estimate of drug-likeness (QED) is 0.540. The zero-order valence-electron chi connectivity index (χ0n) is 11.3. The van der Waals surface area contributed by atoms with Crippen LogP contribution in [-0.2, 0) is 11.2 Å². The molecule has 0 aromatic heterocycles. The van der Waals surface area contributed by atoms with Crippen molar-refractivity contribution in [3.8, 4) is 5.75 Å². The fourth-order valence-electron chi connectivity index (χ4n) is 1.75. The highest BCUT2D eigenvalue weighted by atomic mass is 16.6. The van der Waals surface area contributed by atoms with Crippen molar-refractivity contribution in [2.45, 2.75) is 38.7 Å². The molecule has 2 nitrogen and oxygen atoms in total. The number of allylic oxidation sites excluding steroid dienone is 2. The van der Waals surface area contributed by atoms with Crippen LogP contribution in [0.15, 0.2) is 36.4 Å². The number of rotatable bonds is 7. The topological polar surface area (TPSA) is 21.8 Å². The number of epoxide rings is 1. The van der Waals surface area contributed by atoms with Gasteiger partial charge >= 0.3 is 0 Å². The fraction of sp³-hybridized carbons (Fsp3) is 0.500. The first-order valence-corrected chi connectivity index (χ1v) is 6.73. The minimum atomic E-state index is -0.0504. The molecule has 1 fully saturated rings. The summed E-state index contributed by atoms with van der Waals surface area (Å²) in [5, 5.41) is 0. The van der Waals surface area contributed by atoms with Crippen molar-refractivity contribution in [1.29, 1.82) is 0 Å². The lowest BCUT2D eigenvalue weighted by atomic mass is 10.1. The van der Waals surface area contributed by atoms with Crippen molar-refractivity contribution in [3.63, 3.8) is 0 Å². The molecule has 1 saturated heterocycles. The minimum Gasteiger partial charge on any atom is -0.490 e. The van der Waals surface area contributed by atoms with Gasteiger partial charge in [0.25, 0.3) is 0 Å². The van der Waals surface area contributed by atoms with Crippen LogP contribution in [0.5, 0.6) is 5.75 Å². The summed E-state index contributed by atoms with van der Waals surface area (Å²) >= 11 is 0. The molecule has 1 aliphatic heterocycles. The lowest BCUT2D eigenvalue weighted by Gasteiger charge is -2.12. The molecule has 0 aliphatic carbocycles. The van der Waals surface area contributed by atoms with Gasteiger partial charge in [-0.15, -0.1) is 0 Å². The Kier molecular flexibility index (Phi) is 4.43. The molecule has 2 heteroatoms. The van der Waals surface area contributed by atoms with Gasteiger partial charge in [-0.25, -0.2) is 0 Å². The lowest BCUT2D eigenvalue weighted by Crippen LogP contribution is -2.17. The number of unbranched alkanes of at least 4 members (excludes halogenated alkanes) is 1. The van der Waals surface area contributed by atoms with Gasteiger partial charge in [0.1, 0.15) is 18.0 Å². The number of ether oxygens (including phenoxy) is 2. The summed E-state index contributed by atoms with van der Waals surface area (Å²) in [7, 11) is 0. The van der Waals surface area contributed by atoms with Crippen LogP contribution < -0.4 is 4.74 Å². The molecule has 98 valence electrons. The Bertz CT molecular complexity index is 405. The second-order valence-corrected chi connectivity index (χ2v) is 5.10. The lowest BCUT2D eigenvalue weighted by molar-refractivity contribution is 0.201. The van der Waals surface area contributed by atoms with Crippen LogP contribution in [0, 0.1) is 0 Å². The normalized spacial score (nSPS) is 22.3. The maximum atomic E-state index is 5.86. The molecule has 0 N–H and O–H groups in total. The Hall–Kier alpha value is -1.28. The summed E-state index contributed by atoms with van der Waals surface area (Å²) in [6, 6.07) is 8.24. The first kappa shape index (κ1) is 13.2. The van der Waals surface area contributed by atoms with E-state index in [0.717, 1.165) is 25.2 Å². The average molecular weight is 246 g/mol. The second-order valence-electron chi connectivity index (χ2n) is 5.10.